The predicted octanol–water partition coefficient (Wildman–Crippen LogP) is 3.33. The number of thioether (sulfide) groups is 1. The number of nitrogens with zero attached hydrogens (tertiary/aromatic N) is 1. The van der Waals surface area contributed by atoms with E-state index < -0.39 is 0 Å². The second kappa shape index (κ2) is 6.50. The molecular weight excluding hydrogens is 264 g/mol. The topological polar surface area (TPSA) is 29.3 Å². The van der Waals surface area contributed by atoms with Crippen LogP contribution >= 0.6 is 11.8 Å². The highest BCUT2D eigenvalue weighted by molar-refractivity contribution is 7.99. The van der Waals surface area contributed by atoms with Crippen LogP contribution in [0.2, 0.25) is 0 Å². The normalized spacial score (nSPS) is 29.6. The van der Waals surface area contributed by atoms with E-state index in [9.17, 15) is 0 Å². The van der Waals surface area contributed by atoms with Crippen LogP contribution in [0.25, 0.3) is 0 Å². The van der Waals surface area contributed by atoms with E-state index in [0.29, 0.717) is 17.9 Å². The lowest BCUT2D eigenvalue weighted by molar-refractivity contribution is 0.129. The highest BCUT2D eigenvalue weighted by Gasteiger charge is 2.30. The third-order valence-electron chi connectivity index (χ3n) is 5.05. The Bertz CT molecular complexity index is 448. The van der Waals surface area contributed by atoms with E-state index in [1.807, 2.05) is 11.8 Å². The summed E-state index contributed by atoms with van der Waals surface area (Å²) in [6.07, 6.45) is 5.40. The van der Waals surface area contributed by atoms with Crippen molar-refractivity contribution in [2.24, 2.45) is 11.7 Å². The molecule has 1 aromatic rings. The van der Waals surface area contributed by atoms with Gasteiger partial charge in [-0.15, -0.1) is 11.8 Å². The van der Waals surface area contributed by atoms with Crippen LogP contribution in [0.15, 0.2) is 29.2 Å². The third-order valence-corrected chi connectivity index (χ3v) is 6.30. The maximum absolute atomic E-state index is 5.99. The molecule has 1 aliphatic heterocycles. The Labute approximate surface area is 127 Å². The van der Waals surface area contributed by atoms with Gasteiger partial charge < -0.3 is 10.6 Å². The van der Waals surface area contributed by atoms with Crippen molar-refractivity contribution in [3.05, 3.63) is 29.8 Å². The fraction of sp³-hybridized carbons (Fsp3) is 0.647. The van der Waals surface area contributed by atoms with Crippen LogP contribution in [0.3, 0.4) is 0 Å². The number of rotatable bonds is 4. The molecule has 0 amide bonds. The highest BCUT2D eigenvalue weighted by atomic mass is 32.2. The van der Waals surface area contributed by atoms with E-state index in [4.69, 9.17) is 5.73 Å². The molecule has 1 aliphatic carbocycles. The molecule has 1 aromatic carbocycles. The molecule has 0 bridgehead atoms. The average Bonchev–Trinajstić information content (AvgIpc) is 2.90. The second-order valence-corrected chi connectivity index (χ2v) is 7.39. The summed E-state index contributed by atoms with van der Waals surface area (Å²) in [5.41, 5.74) is 7.55. The molecule has 0 radical (unpaired) electrons. The number of fused-ring (bicyclic) bond motifs is 1. The Morgan fingerprint density at radius 3 is 2.90 bits per heavy atom. The molecule has 0 spiro atoms. The van der Waals surface area contributed by atoms with Crippen LogP contribution < -0.4 is 5.73 Å². The minimum Gasteiger partial charge on any atom is -0.330 e. The van der Waals surface area contributed by atoms with E-state index in [1.165, 1.54) is 42.9 Å². The monoisotopic (exact) mass is 290 g/mol. The minimum atomic E-state index is 0.696. The molecule has 2 nitrogen and oxygen atoms in total. The predicted molar refractivity (Wildman–Crippen MR) is 87.3 cm³/mol. The summed E-state index contributed by atoms with van der Waals surface area (Å²) in [6, 6.07) is 9.62. The molecular formula is C17H26N2S. The lowest BCUT2D eigenvalue weighted by atomic mass is 9.83. The zero-order valence-electron chi connectivity index (χ0n) is 12.4. The molecule has 1 fully saturated rings. The number of likely N-dealkylation sites (N-methyl/N-ethyl adjacent to an activating group) is 1. The van der Waals surface area contributed by atoms with Crippen molar-refractivity contribution in [3.63, 3.8) is 0 Å². The highest BCUT2D eigenvalue weighted by Crippen LogP contribution is 2.40. The third kappa shape index (κ3) is 2.90. The van der Waals surface area contributed by atoms with Gasteiger partial charge in [0.2, 0.25) is 0 Å². The minimum absolute atomic E-state index is 0.696. The quantitative estimate of drug-likeness (QED) is 0.922. The molecule has 3 heteroatoms. The van der Waals surface area contributed by atoms with E-state index in [1.54, 1.807) is 5.56 Å². The van der Waals surface area contributed by atoms with Crippen LogP contribution in [0.5, 0.6) is 0 Å². The van der Waals surface area contributed by atoms with E-state index in [2.05, 4.69) is 36.2 Å². The fourth-order valence-corrected chi connectivity index (χ4v) is 5.15. The lowest BCUT2D eigenvalue weighted by Crippen LogP contribution is -2.44. The molecule has 110 valence electrons. The van der Waals surface area contributed by atoms with Crippen molar-refractivity contribution in [3.8, 4) is 0 Å². The molecule has 0 saturated heterocycles. The van der Waals surface area contributed by atoms with Gasteiger partial charge in [0.25, 0.3) is 0 Å². The summed E-state index contributed by atoms with van der Waals surface area (Å²) in [5.74, 6) is 2.64. The second-order valence-electron chi connectivity index (χ2n) is 6.33. The smallest absolute Gasteiger partial charge is 0.0133 e. The van der Waals surface area contributed by atoms with E-state index in [-0.39, 0.29) is 0 Å². The van der Waals surface area contributed by atoms with Crippen LogP contribution in [-0.2, 0) is 0 Å². The first-order valence-electron chi connectivity index (χ1n) is 7.91. The number of nitrogens with two attached hydrogens (primary N) is 1. The molecule has 3 unspecified atom stereocenters. The van der Waals surface area contributed by atoms with Crippen LogP contribution in [0, 0.1) is 5.92 Å². The van der Waals surface area contributed by atoms with Gasteiger partial charge >= 0.3 is 0 Å². The first-order chi connectivity index (χ1) is 9.79. The van der Waals surface area contributed by atoms with Crippen LogP contribution in [-0.4, -0.2) is 36.8 Å². The summed E-state index contributed by atoms with van der Waals surface area (Å²) in [7, 11) is 2.31. The van der Waals surface area contributed by atoms with Crippen molar-refractivity contribution in [2.45, 2.75) is 42.5 Å². The summed E-state index contributed by atoms with van der Waals surface area (Å²) in [4.78, 5) is 4.09. The Hall–Kier alpha value is -0.510. The van der Waals surface area contributed by atoms with Gasteiger partial charge in [-0.3, -0.25) is 0 Å². The summed E-state index contributed by atoms with van der Waals surface area (Å²) < 4.78 is 0. The summed E-state index contributed by atoms with van der Waals surface area (Å²) >= 11 is 2.02. The molecule has 0 aromatic heterocycles. The molecule has 2 aliphatic rings. The first-order valence-corrected chi connectivity index (χ1v) is 8.90. The SMILES string of the molecule is CN(CC1CSc2ccccc21)C1CCCCC1CN. The Morgan fingerprint density at radius 2 is 2.05 bits per heavy atom. The number of hydrogen-bond acceptors (Lipinski definition) is 3. The largest absolute Gasteiger partial charge is 0.330 e. The maximum atomic E-state index is 5.99. The van der Waals surface area contributed by atoms with Gasteiger partial charge in [-0.05, 0) is 44.0 Å². The van der Waals surface area contributed by atoms with Crippen LogP contribution in [0.1, 0.15) is 37.2 Å². The van der Waals surface area contributed by atoms with Crippen molar-refractivity contribution in [2.75, 3.05) is 25.9 Å². The average molecular weight is 290 g/mol. The Morgan fingerprint density at radius 1 is 1.25 bits per heavy atom. The van der Waals surface area contributed by atoms with Crippen molar-refractivity contribution in [1.82, 2.24) is 4.90 Å². The Kier molecular flexibility index (Phi) is 4.69. The van der Waals surface area contributed by atoms with Crippen molar-refractivity contribution in [1.29, 1.82) is 0 Å². The summed E-state index contributed by atoms with van der Waals surface area (Å²) in [6.45, 7) is 2.04. The Balaban J connectivity index is 1.66. The van der Waals surface area contributed by atoms with E-state index >= 15 is 0 Å². The van der Waals surface area contributed by atoms with Gasteiger partial charge in [0.05, 0.1) is 0 Å². The molecule has 3 rings (SSSR count). The fourth-order valence-electron chi connectivity index (χ4n) is 3.91. The van der Waals surface area contributed by atoms with E-state index in [0.717, 1.165) is 6.54 Å². The van der Waals surface area contributed by atoms with Crippen LogP contribution in [0.4, 0.5) is 0 Å². The van der Waals surface area contributed by atoms with Crippen molar-refractivity contribution < 1.29 is 0 Å². The van der Waals surface area contributed by atoms with Gasteiger partial charge in [0, 0.05) is 29.2 Å². The molecule has 1 saturated carbocycles. The van der Waals surface area contributed by atoms with Gasteiger partial charge in [-0.1, -0.05) is 31.0 Å². The molecule has 20 heavy (non-hydrogen) atoms. The molecule has 3 atom stereocenters. The number of benzene rings is 1. The zero-order valence-corrected chi connectivity index (χ0v) is 13.2. The maximum Gasteiger partial charge on any atom is 0.0133 e. The standard InChI is InChI=1S/C17H26N2S/c1-19(16-8-4-2-6-13(16)10-18)11-14-12-20-17-9-5-3-7-15(14)17/h3,5,7,9,13-14,16H,2,4,6,8,10-12,18H2,1H3. The van der Waals surface area contributed by atoms with Gasteiger partial charge in [-0.2, -0.15) is 0 Å². The molecule has 2 N–H and O–H groups in total. The van der Waals surface area contributed by atoms with Gasteiger partial charge in [0.15, 0.2) is 0 Å². The van der Waals surface area contributed by atoms with Crippen molar-refractivity contribution >= 4 is 11.8 Å². The zero-order chi connectivity index (χ0) is 13.9. The molecule has 1 heterocycles. The van der Waals surface area contributed by atoms with Gasteiger partial charge in [-0.25, -0.2) is 0 Å². The lowest BCUT2D eigenvalue weighted by Gasteiger charge is -2.38. The first kappa shape index (κ1) is 14.4. The summed E-state index contributed by atoms with van der Waals surface area (Å²) in [5, 5.41) is 0. The van der Waals surface area contributed by atoms with Gasteiger partial charge in [0.1, 0.15) is 0 Å². The number of hydrogen-bond donors (Lipinski definition) is 1.